The average Bonchev–Trinajstić information content (AvgIpc) is 3.01. The Bertz CT molecular complexity index is 667. The number of aryl methyl sites for hydroxylation is 1. The lowest BCUT2D eigenvalue weighted by molar-refractivity contribution is -0.188. The molecule has 6 nitrogen and oxygen atoms in total. The number of likely N-dealkylation sites (tertiary alicyclic amines) is 1. The van der Waals surface area contributed by atoms with Crippen molar-refractivity contribution in [2.45, 2.75) is 26.1 Å². The molecule has 128 valence electrons. The van der Waals surface area contributed by atoms with E-state index in [1.807, 2.05) is 0 Å². The fraction of sp³-hybridized carbons (Fsp3) is 0.615. The Morgan fingerprint density at radius 2 is 2.04 bits per heavy atom. The van der Waals surface area contributed by atoms with Gasteiger partial charge < -0.3 is 14.6 Å². The van der Waals surface area contributed by atoms with Crippen LogP contribution in [0.4, 0.5) is 13.2 Å². The zero-order valence-corrected chi connectivity index (χ0v) is 13.0. The summed E-state index contributed by atoms with van der Waals surface area (Å²) in [6, 6.07) is 0. The van der Waals surface area contributed by atoms with Gasteiger partial charge in [0.2, 0.25) is 5.91 Å². The normalized spacial score (nSPS) is 21.7. The number of carbonyl (C=O) groups excluding carboxylic acids is 1. The first-order valence-corrected chi connectivity index (χ1v) is 7.71. The Morgan fingerprint density at radius 1 is 1.39 bits per heavy atom. The van der Waals surface area contributed by atoms with E-state index in [1.165, 1.54) is 4.57 Å². The highest BCUT2D eigenvalue weighted by Gasteiger charge is 2.53. The van der Waals surface area contributed by atoms with Crippen LogP contribution in [0.15, 0.2) is 10.2 Å². The van der Waals surface area contributed by atoms with E-state index in [-0.39, 0.29) is 17.8 Å². The Kier molecular flexibility index (Phi) is 4.83. The fourth-order valence-corrected chi connectivity index (χ4v) is 3.39. The molecule has 2 heterocycles. The van der Waals surface area contributed by atoms with Gasteiger partial charge in [-0.05, 0) is 6.92 Å². The summed E-state index contributed by atoms with van der Waals surface area (Å²) in [7, 11) is 0. The third-order valence-corrected chi connectivity index (χ3v) is 4.82. The van der Waals surface area contributed by atoms with Gasteiger partial charge in [0.15, 0.2) is 0 Å². The van der Waals surface area contributed by atoms with E-state index in [2.05, 4.69) is 0 Å². The van der Waals surface area contributed by atoms with Crippen LogP contribution < -0.4 is 4.87 Å². The van der Waals surface area contributed by atoms with Crippen LogP contribution in [-0.4, -0.2) is 45.7 Å². The Balaban J connectivity index is 2.03. The molecule has 1 aromatic heterocycles. The molecular weight excluding hydrogens is 337 g/mol. The minimum Gasteiger partial charge on any atom is -0.481 e. The maximum atomic E-state index is 12.9. The highest BCUT2D eigenvalue weighted by molar-refractivity contribution is 7.07. The number of aromatic nitrogens is 1. The SMILES string of the molecule is Cc1csc(=O)n1CCC(=O)N1C[C@@H](C(F)(F)F)[C@H](C(=O)O)C1. The molecule has 0 aromatic carbocycles. The summed E-state index contributed by atoms with van der Waals surface area (Å²) in [6.45, 7) is 0.642. The maximum absolute atomic E-state index is 12.9. The lowest BCUT2D eigenvalue weighted by Crippen LogP contribution is -2.34. The van der Waals surface area contributed by atoms with Gasteiger partial charge in [0, 0.05) is 37.1 Å². The van der Waals surface area contributed by atoms with Gasteiger partial charge in [-0.3, -0.25) is 14.4 Å². The van der Waals surface area contributed by atoms with Gasteiger partial charge in [0.1, 0.15) is 0 Å². The molecule has 0 saturated carbocycles. The van der Waals surface area contributed by atoms with Crippen molar-refractivity contribution >= 4 is 23.2 Å². The molecule has 1 aliphatic heterocycles. The van der Waals surface area contributed by atoms with Crippen LogP contribution in [0.25, 0.3) is 0 Å². The highest BCUT2D eigenvalue weighted by atomic mass is 32.1. The number of amides is 1. The number of carboxylic acid groups (broad SMARTS) is 1. The van der Waals surface area contributed by atoms with Crippen LogP contribution in [0.5, 0.6) is 0 Å². The van der Waals surface area contributed by atoms with Gasteiger partial charge in [0.05, 0.1) is 11.8 Å². The molecule has 2 rings (SSSR count). The van der Waals surface area contributed by atoms with Crippen molar-refractivity contribution in [3.63, 3.8) is 0 Å². The molecule has 1 fully saturated rings. The monoisotopic (exact) mass is 352 g/mol. The Morgan fingerprint density at radius 3 is 2.48 bits per heavy atom. The molecule has 1 amide bonds. The summed E-state index contributed by atoms with van der Waals surface area (Å²) in [6.07, 6.45) is -4.81. The van der Waals surface area contributed by atoms with Crippen LogP contribution in [0.2, 0.25) is 0 Å². The van der Waals surface area contributed by atoms with E-state index >= 15 is 0 Å². The van der Waals surface area contributed by atoms with Crippen molar-refractivity contribution in [3.8, 4) is 0 Å². The largest absolute Gasteiger partial charge is 0.481 e. The minimum atomic E-state index is -4.67. The van der Waals surface area contributed by atoms with Gasteiger partial charge in [-0.15, -0.1) is 0 Å². The van der Waals surface area contributed by atoms with Crippen molar-refractivity contribution in [3.05, 3.63) is 20.7 Å². The molecule has 2 atom stereocenters. The van der Waals surface area contributed by atoms with Crippen LogP contribution in [0.1, 0.15) is 12.1 Å². The van der Waals surface area contributed by atoms with E-state index in [1.54, 1.807) is 12.3 Å². The van der Waals surface area contributed by atoms with Crippen molar-refractivity contribution < 1.29 is 27.9 Å². The zero-order valence-electron chi connectivity index (χ0n) is 12.2. The number of hydrogen-bond donors (Lipinski definition) is 1. The van der Waals surface area contributed by atoms with Crippen molar-refractivity contribution in [2.24, 2.45) is 11.8 Å². The third kappa shape index (κ3) is 3.74. The number of hydrogen-bond acceptors (Lipinski definition) is 4. The van der Waals surface area contributed by atoms with Gasteiger partial charge in [-0.1, -0.05) is 11.3 Å². The number of alkyl halides is 3. The molecule has 23 heavy (non-hydrogen) atoms. The Labute approximate surface area is 133 Å². The predicted octanol–water partition coefficient (Wildman–Crippen LogP) is 1.33. The van der Waals surface area contributed by atoms with Crippen LogP contribution in [-0.2, 0) is 16.1 Å². The lowest BCUT2D eigenvalue weighted by atomic mass is 9.96. The summed E-state index contributed by atoms with van der Waals surface area (Å²) in [4.78, 5) is 35.2. The van der Waals surface area contributed by atoms with Gasteiger partial charge >= 0.3 is 17.0 Å². The van der Waals surface area contributed by atoms with E-state index < -0.39 is 43.0 Å². The van der Waals surface area contributed by atoms with Gasteiger partial charge in [-0.25, -0.2) is 0 Å². The van der Waals surface area contributed by atoms with Crippen LogP contribution in [0, 0.1) is 18.8 Å². The summed E-state index contributed by atoms with van der Waals surface area (Å²) in [5, 5.41) is 10.5. The smallest absolute Gasteiger partial charge is 0.394 e. The third-order valence-electron chi connectivity index (χ3n) is 3.94. The number of carboxylic acids is 1. The summed E-state index contributed by atoms with van der Waals surface area (Å²) >= 11 is 0.979. The van der Waals surface area contributed by atoms with E-state index in [0.29, 0.717) is 5.69 Å². The molecule has 1 N–H and O–H groups in total. The second-order valence-corrected chi connectivity index (χ2v) is 6.26. The summed E-state index contributed by atoms with van der Waals surface area (Å²) in [5.74, 6) is -5.85. The van der Waals surface area contributed by atoms with Crippen molar-refractivity contribution in [1.29, 1.82) is 0 Å². The number of thiazole rings is 1. The van der Waals surface area contributed by atoms with E-state index in [9.17, 15) is 27.6 Å². The van der Waals surface area contributed by atoms with Crippen molar-refractivity contribution in [2.75, 3.05) is 13.1 Å². The van der Waals surface area contributed by atoms with Gasteiger partial charge in [0.25, 0.3) is 0 Å². The molecular formula is C13H15F3N2O4S. The molecule has 0 aliphatic carbocycles. The molecule has 10 heteroatoms. The number of nitrogens with zero attached hydrogens (tertiary/aromatic N) is 2. The van der Waals surface area contributed by atoms with Crippen molar-refractivity contribution in [1.82, 2.24) is 9.47 Å². The highest BCUT2D eigenvalue weighted by Crippen LogP contribution is 2.37. The van der Waals surface area contributed by atoms with E-state index in [0.717, 1.165) is 16.2 Å². The second-order valence-electron chi connectivity index (χ2n) is 5.44. The van der Waals surface area contributed by atoms with Crippen LogP contribution >= 0.6 is 11.3 Å². The molecule has 0 radical (unpaired) electrons. The van der Waals surface area contributed by atoms with Crippen LogP contribution in [0.3, 0.4) is 0 Å². The first kappa shape index (κ1) is 17.5. The average molecular weight is 352 g/mol. The number of carbonyl (C=O) groups is 2. The summed E-state index contributed by atoms with van der Waals surface area (Å²) < 4.78 is 40.0. The molecule has 1 aromatic rings. The zero-order chi connectivity index (χ0) is 17.4. The Hall–Kier alpha value is -1.84. The predicted molar refractivity (Wildman–Crippen MR) is 75.2 cm³/mol. The number of halogens is 3. The summed E-state index contributed by atoms with van der Waals surface area (Å²) in [5.41, 5.74) is 0.672. The first-order chi connectivity index (χ1) is 10.6. The quantitative estimate of drug-likeness (QED) is 0.887. The first-order valence-electron chi connectivity index (χ1n) is 6.83. The van der Waals surface area contributed by atoms with E-state index in [4.69, 9.17) is 5.11 Å². The van der Waals surface area contributed by atoms with Gasteiger partial charge in [-0.2, -0.15) is 13.2 Å². The minimum absolute atomic E-state index is 0.0674. The number of aliphatic carboxylic acids is 1. The topological polar surface area (TPSA) is 79.6 Å². The standard InChI is InChI=1S/C13H15F3N2O4S/c1-7-6-23-12(22)18(7)3-2-10(19)17-4-8(11(20)21)9(5-17)13(14,15)16/h6,8-9H,2-5H2,1H3,(H,20,21)/t8-,9-/m1/s1. The maximum Gasteiger partial charge on any atom is 0.394 e. The molecule has 0 bridgehead atoms. The molecule has 1 aliphatic rings. The number of rotatable bonds is 4. The lowest BCUT2D eigenvalue weighted by Gasteiger charge is -2.18. The second kappa shape index (κ2) is 6.34. The molecule has 0 spiro atoms. The molecule has 1 saturated heterocycles. The fourth-order valence-electron chi connectivity index (χ4n) is 2.63. The molecule has 0 unspecified atom stereocenters.